The van der Waals surface area contributed by atoms with Gasteiger partial charge in [0.05, 0.1) is 24.5 Å². The highest BCUT2D eigenvalue weighted by atomic mass is 16.2. The van der Waals surface area contributed by atoms with Gasteiger partial charge in [-0.15, -0.1) is 0 Å². The standard InChI is InChI=1S/C20H32N8O/c1-3-4-7-26-9-10-28-18(14-26)11-17(25-28)12-21-20(29)27-8-5-6-16(13-27)19-22-15(2)23-24-19/h11,16H,3-10,12-14H2,1-2H3,(H,21,29)(H,22,23,24)/t16-/m0/s1. The van der Waals surface area contributed by atoms with Crippen LogP contribution < -0.4 is 5.32 Å². The molecule has 0 aromatic carbocycles. The largest absolute Gasteiger partial charge is 0.332 e. The van der Waals surface area contributed by atoms with E-state index in [4.69, 9.17) is 0 Å². The van der Waals surface area contributed by atoms with Crippen molar-refractivity contribution in [2.24, 2.45) is 0 Å². The molecule has 4 rings (SSSR count). The second-order valence-electron chi connectivity index (χ2n) is 8.20. The number of hydrogen-bond donors (Lipinski definition) is 2. The number of nitrogens with zero attached hydrogens (tertiary/aromatic N) is 6. The van der Waals surface area contributed by atoms with Gasteiger partial charge in [-0.25, -0.2) is 9.78 Å². The molecule has 0 aliphatic carbocycles. The summed E-state index contributed by atoms with van der Waals surface area (Å²) in [5, 5.41) is 14.9. The highest BCUT2D eigenvalue weighted by Crippen LogP contribution is 2.24. The van der Waals surface area contributed by atoms with Gasteiger partial charge in [-0.05, 0) is 38.8 Å². The molecule has 0 bridgehead atoms. The van der Waals surface area contributed by atoms with E-state index in [2.05, 4.69) is 48.2 Å². The lowest BCUT2D eigenvalue weighted by molar-refractivity contribution is 0.178. The van der Waals surface area contributed by atoms with E-state index in [1.165, 1.54) is 18.5 Å². The second-order valence-corrected chi connectivity index (χ2v) is 8.20. The van der Waals surface area contributed by atoms with Crippen LogP contribution in [0.5, 0.6) is 0 Å². The van der Waals surface area contributed by atoms with E-state index < -0.39 is 0 Å². The average molecular weight is 401 g/mol. The number of aromatic nitrogens is 5. The number of unbranched alkanes of at least 4 members (excludes halogenated alkanes) is 1. The first kappa shape index (κ1) is 19.9. The Morgan fingerprint density at radius 1 is 1.34 bits per heavy atom. The molecule has 2 aliphatic rings. The van der Waals surface area contributed by atoms with Crippen molar-refractivity contribution < 1.29 is 4.79 Å². The molecule has 0 spiro atoms. The lowest BCUT2D eigenvalue weighted by atomic mass is 9.98. The van der Waals surface area contributed by atoms with Crippen molar-refractivity contribution in [3.63, 3.8) is 0 Å². The molecule has 4 heterocycles. The molecule has 9 nitrogen and oxygen atoms in total. The molecule has 0 unspecified atom stereocenters. The number of H-pyrrole nitrogens is 1. The number of hydrogen-bond acceptors (Lipinski definition) is 5. The van der Waals surface area contributed by atoms with Gasteiger partial charge < -0.3 is 10.2 Å². The normalized spacial score (nSPS) is 19.9. The number of rotatable bonds is 6. The minimum atomic E-state index is -0.0301. The number of carbonyl (C=O) groups is 1. The summed E-state index contributed by atoms with van der Waals surface area (Å²) in [6, 6.07) is 2.10. The third-order valence-corrected chi connectivity index (χ3v) is 5.86. The predicted molar refractivity (Wildman–Crippen MR) is 109 cm³/mol. The number of aromatic amines is 1. The van der Waals surface area contributed by atoms with E-state index in [-0.39, 0.29) is 11.9 Å². The summed E-state index contributed by atoms with van der Waals surface area (Å²) in [7, 11) is 0. The summed E-state index contributed by atoms with van der Waals surface area (Å²) in [5.74, 6) is 1.83. The highest BCUT2D eigenvalue weighted by Gasteiger charge is 2.27. The highest BCUT2D eigenvalue weighted by molar-refractivity contribution is 5.74. The summed E-state index contributed by atoms with van der Waals surface area (Å²) in [5.41, 5.74) is 2.18. The molecular formula is C20H32N8O. The van der Waals surface area contributed by atoms with Gasteiger partial charge in [-0.1, -0.05) is 13.3 Å². The molecule has 9 heteroatoms. The van der Waals surface area contributed by atoms with E-state index in [1.54, 1.807) is 0 Å². The first-order valence-electron chi connectivity index (χ1n) is 10.8. The molecule has 2 aliphatic heterocycles. The molecule has 2 amide bonds. The van der Waals surface area contributed by atoms with Crippen LogP contribution in [0, 0.1) is 6.92 Å². The van der Waals surface area contributed by atoms with Crippen molar-refractivity contribution in [3.8, 4) is 0 Å². The van der Waals surface area contributed by atoms with Crippen LogP contribution in [-0.4, -0.2) is 67.0 Å². The maximum atomic E-state index is 12.7. The van der Waals surface area contributed by atoms with Gasteiger partial charge in [0.15, 0.2) is 5.82 Å². The van der Waals surface area contributed by atoms with Gasteiger partial charge in [0.1, 0.15) is 5.82 Å². The quantitative estimate of drug-likeness (QED) is 0.773. The third-order valence-electron chi connectivity index (χ3n) is 5.86. The van der Waals surface area contributed by atoms with Gasteiger partial charge in [0.25, 0.3) is 0 Å². The van der Waals surface area contributed by atoms with E-state index in [9.17, 15) is 4.79 Å². The fraction of sp³-hybridized carbons (Fsp3) is 0.700. The number of urea groups is 1. The maximum Gasteiger partial charge on any atom is 0.317 e. The number of aryl methyl sites for hydroxylation is 1. The Balaban J connectivity index is 1.29. The van der Waals surface area contributed by atoms with E-state index in [0.717, 1.165) is 62.9 Å². The predicted octanol–water partition coefficient (Wildman–Crippen LogP) is 2.01. The van der Waals surface area contributed by atoms with Gasteiger partial charge >= 0.3 is 6.03 Å². The first-order chi connectivity index (χ1) is 14.1. The molecule has 1 fully saturated rings. The van der Waals surface area contributed by atoms with Crippen LogP contribution in [0.25, 0.3) is 0 Å². The Bertz CT molecular complexity index is 828. The monoisotopic (exact) mass is 400 g/mol. The van der Waals surface area contributed by atoms with Crippen molar-refractivity contribution in [1.82, 2.24) is 40.1 Å². The molecule has 0 saturated carbocycles. The lowest BCUT2D eigenvalue weighted by Crippen LogP contribution is -2.44. The van der Waals surface area contributed by atoms with Gasteiger partial charge in [0.2, 0.25) is 0 Å². The van der Waals surface area contributed by atoms with Crippen LogP contribution in [0.2, 0.25) is 0 Å². The van der Waals surface area contributed by atoms with E-state index >= 15 is 0 Å². The Hall–Kier alpha value is -2.42. The first-order valence-corrected chi connectivity index (χ1v) is 10.8. The summed E-state index contributed by atoms with van der Waals surface area (Å²) < 4.78 is 2.09. The minimum absolute atomic E-state index is 0.0301. The fourth-order valence-corrected chi connectivity index (χ4v) is 4.23. The summed E-state index contributed by atoms with van der Waals surface area (Å²) in [6.45, 7) is 10.1. The Kier molecular flexibility index (Phi) is 6.13. The van der Waals surface area contributed by atoms with Gasteiger partial charge in [-0.2, -0.15) is 10.2 Å². The minimum Gasteiger partial charge on any atom is -0.332 e. The Morgan fingerprint density at radius 3 is 3.03 bits per heavy atom. The Labute approximate surface area is 171 Å². The molecule has 0 radical (unpaired) electrons. The maximum absolute atomic E-state index is 12.7. The topological polar surface area (TPSA) is 95.0 Å². The summed E-state index contributed by atoms with van der Waals surface area (Å²) >= 11 is 0. The Morgan fingerprint density at radius 2 is 2.24 bits per heavy atom. The van der Waals surface area contributed by atoms with Crippen LogP contribution in [0.15, 0.2) is 6.07 Å². The summed E-state index contributed by atoms with van der Waals surface area (Å²) in [4.78, 5) is 21.5. The fourth-order valence-electron chi connectivity index (χ4n) is 4.23. The van der Waals surface area contributed by atoms with Crippen molar-refractivity contribution in [3.05, 3.63) is 29.1 Å². The smallest absolute Gasteiger partial charge is 0.317 e. The van der Waals surface area contributed by atoms with Crippen LogP contribution in [0.3, 0.4) is 0 Å². The van der Waals surface area contributed by atoms with Crippen molar-refractivity contribution in [2.45, 2.75) is 65.1 Å². The molecule has 2 aromatic rings. The number of piperidine rings is 1. The zero-order valence-electron chi connectivity index (χ0n) is 17.5. The number of nitrogens with one attached hydrogen (secondary N) is 2. The molecule has 1 saturated heterocycles. The van der Waals surface area contributed by atoms with Crippen molar-refractivity contribution >= 4 is 6.03 Å². The molecule has 158 valence electrons. The zero-order valence-corrected chi connectivity index (χ0v) is 17.5. The van der Waals surface area contributed by atoms with Gasteiger partial charge in [-0.3, -0.25) is 14.7 Å². The van der Waals surface area contributed by atoms with Crippen molar-refractivity contribution in [2.75, 3.05) is 26.2 Å². The molecule has 2 N–H and O–H groups in total. The number of carbonyl (C=O) groups excluding carboxylic acids is 1. The van der Waals surface area contributed by atoms with E-state index in [1.807, 2.05) is 11.8 Å². The number of amides is 2. The second kappa shape index (κ2) is 8.94. The van der Waals surface area contributed by atoms with Crippen LogP contribution in [0.1, 0.15) is 61.6 Å². The molecule has 29 heavy (non-hydrogen) atoms. The lowest BCUT2D eigenvalue weighted by Gasteiger charge is -2.31. The van der Waals surface area contributed by atoms with Crippen LogP contribution >= 0.6 is 0 Å². The van der Waals surface area contributed by atoms with Gasteiger partial charge in [0, 0.05) is 32.1 Å². The van der Waals surface area contributed by atoms with Crippen LogP contribution in [-0.2, 0) is 19.6 Å². The third kappa shape index (κ3) is 4.77. The van der Waals surface area contributed by atoms with Crippen LogP contribution in [0.4, 0.5) is 4.79 Å². The molecule has 2 aromatic heterocycles. The number of likely N-dealkylation sites (tertiary alicyclic amines) is 1. The SMILES string of the molecule is CCCCN1CCn2nc(CNC(=O)N3CCC[C@H](c4n[nH]c(C)n4)C3)cc2C1. The number of fused-ring (bicyclic) bond motifs is 1. The average Bonchev–Trinajstić information content (AvgIpc) is 3.36. The molecule has 1 atom stereocenters. The van der Waals surface area contributed by atoms with E-state index in [0.29, 0.717) is 13.1 Å². The van der Waals surface area contributed by atoms with Crippen molar-refractivity contribution in [1.29, 1.82) is 0 Å². The zero-order chi connectivity index (χ0) is 20.2. The molecular weight excluding hydrogens is 368 g/mol. The summed E-state index contributed by atoms with van der Waals surface area (Å²) in [6.07, 6.45) is 4.45.